The van der Waals surface area contributed by atoms with Crippen LogP contribution >= 0.6 is 11.8 Å². The van der Waals surface area contributed by atoms with Crippen LogP contribution in [0.15, 0.2) is 48.5 Å². The highest BCUT2D eigenvalue weighted by Crippen LogP contribution is 2.20. The molecule has 1 N–H and O–H groups in total. The first-order chi connectivity index (χ1) is 14.0. The molecule has 1 atom stereocenters. The third-order valence-electron chi connectivity index (χ3n) is 5.08. The minimum atomic E-state index is -0.457. The number of likely N-dealkylation sites (N-methyl/N-ethyl adjacent to an activating group) is 1. The molecule has 4 nitrogen and oxygen atoms in total. The van der Waals surface area contributed by atoms with Crippen LogP contribution in [0.25, 0.3) is 0 Å². The van der Waals surface area contributed by atoms with Crippen LogP contribution in [0.2, 0.25) is 0 Å². The Hall–Kier alpha value is -2.27. The minimum absolute atomic E-state index is 0.00457. The fourth-order valence-corrected chi connectivity index (χ4v) is 4.27. The zero-order chi connectivity index (χ0) is 21.2. The number of nitrogens with one attached hydrogen (secondary N) is 1. The summed E-state index contributed by atoms with van der Waals surface area (Å²) >= 11 is 1.60. The van der Waals surface area contributed by atoms with Gasteiger partial charge in [-0.05, 0) is 49.4 Å². The summed E-state index contributed by atoms with van der Waals surface area (Å²) < 4.78 is 0. The highest BCUT2D eigenvalue weighted by Gasteiger charge is 2.28. The van der Waals surface area contributed by atoms with Crippen LogP contribution in [-0.2, 0) is 21.9 Å². The van der Waals surface area contributed by atoms with E-state index in [0.717, 1.165) is 16.9 Å². The lowest BCUT2D eigenvalue weighted by Crippen LogP contribution is -2.49. The van der Waals surface area contributed by atoms with Crippen LogP contribution in [0, 0.1) is 13.8 Å². The van der Waals surface area contributed by atoms with Crippen molar-refractivity contribution in [3.05, 3.63) is 70.8 Å². The molecule has 0 spiro atoms. The Labute approximate surface area is 179 Å². The number of hydrogen-bond acceptors (Lipinski definition) is 3. The largest absolute Gasteiger partial charge is 0.355 e. The van der Waals surface area contributed by atoms with Gasteiger partial charge < -0.3 is 10.2 Å². The SMILES string of the molecule is CCNC(=O)[C@H](CC)N(Cc1ccccc1C)C(=O)CSCc1ccccc1C. The van der Waals surface area contributed by atoms with Gasteiger partial charge >= 0.3 is 0 Å². The fraction of sp³-hybridized carbons (Fsp3) is 0.417. The molecule has 2 amide bonds. The molecule has 0 aliphatic heterocycles. The summed E-state index contributed by atoms with van der Waals surface area (Å²) in [5, 5.41) is 2.88. The Bertz CT molecular complexity index is 822. The van der Waals surface area contributed by atoms with Gasteiger partial charge in [0.25, 0.3) is 0 Å². The number of aryl methyl sites for hydroxylation is 2. The predicted octanol–water partition coefficient (Wildman–Crippen LogP) is 4.48. The molecule has 0 heterocycles. The number of carbonyl (C=O) groups is 2. The second kappa shape index (κ2) is 11.7. The summed E-state index contributed by atoms with van der Waals surface area (Å²) in [5.74, 6) is 1.07. The van der Waals surface area contributed by atoms with Crippen LogP contribution in [0.5, 0.6) is 0 Å². The molecular weight excluding hydrogens is 380 g/mol. The van der Waals surface area contributed by atoms with Gasteiger partial charge in [0, 0.05) is 18.8 Å². The lowest BCUT2D eigenvalue weighted by molar-refractivity contribution is -0.139. The summed E-state index contributed by atoms with van der Waals surface area (Å²) in [7, 11) is 0. The lowest BCUT2D eigenvalue weighted by atomic mass is 10.1. The highest BCUT2D eigenvalue weighted by molar-refractivity contribution is 7.99. The van der Waals surface area contributed by atoms with E-state index in [9.17, 15) is 9.59 Å². The van der Waals surface area contributed by atoms with Crippen LogP contribution in [-0.4, -0.2) is 35.1 Å². The van der Waals surface area contributed by atoms with Gasteiger partial charge in [0.2, 0.25) is 11.8 Å². The average molecular weight is 413 g/mol. The maximum atomic E-state index is 13.2. The number of carbonyl (C=O) groups excluding carboxylic acids is 2. The van der Waals surface area contributed by atoms with Crippen molar-refractivity contribution in [2.75, 3.05) is 12.3 Å². The van der Waals surface area contributed by atoms with Crippen molar-refractivity contribution >= 4 is 23.6 Å². The Kier molecular flexibility index (Phi) is 9.26. The highest BCUT2D eigenvalue weighted by atomic mass is 32.2. The van der Waals surface area contributed by atoms with E-state index in [1.807, 2.05) is 57.2 Å². The monoisotopic (exact) mass is 412 g/mol. The molecule has 0 aromatic heterocycles. The number of hydrogen-bond donors (Lipinski definition) is 1. The molecule has 2 aromatic rings. The third kappa shape index (κ3) is 6.64. The normalized spacial score (nSPS) is 11.7. The van der Waals surface area contributed by atoms with Gasteiger partial charge in [0.05, 0.1) is 5.75 Å². The van der Waals surface area contributed by atoms with E-state index in [1.165, 1.54) is 11.1 Å². The molecule has 2 aromatic carbocycles. The number of thioether (sulfide) groups is 1. The number of benzene rings is 2. The summed E-state index contributed by atoms with van der Waals surface area (Å²) in [4.78, 5) is 27.5. The van der Waals surface area contributed by atoms with Crippen LogP contribution in [0.1, 0.15) is 42.5 Å². The second-order valence-electron chi connectivity index (χ2n) is 7.19. The first-order valence-corrected chi connectivity index (χ1v) is 11.4. The molecule has 29 heavy (non-hydrogen) atoms. The van der Waals surface area contributed by atoms with Crippen molar-refractivity contribution in [1.29, 1.82) is 0 Å². The summed E-state index contributed by atoms with van der Waals surface area (Å²) in [6.45, 7) is 8.99. The van der Waals surface area contributed by atoms with Gasteiger partial charge in [-0.3, -0.25) is 9.59 Å². The van der Waals surface area contributed by atoms with E-state index in [4.69, 9.17) is 0 Å². The maximum Gasteiger partial charge on any atom is 0.242 e. The molecule has 2 rings (SSSR count). The van der Waals surface area contributed by atoms with Crippen molar-refractivity contribution < 1.29 is 9.59 Å². The molecular formula is C24H32N2O2S. The quantitative estimate of drug-likeness (QED) is 0.626. The fourth-order valence-electron chi connectivity index (χ4n) is 3.29. The molecule has 0 bridgehead atoms. The van der Waals surface area contributed by atoms with Crippen LogP contribution < -0.4 is 5.32 Å². The van der Waals surface area contributed by atoms with E-state index >= 15 is 0 Å². The van der Waals surface area contributed by atoms with Gasteiger partial charge in [-0.15, -0.1) is 11.8 Å². The van der Waals surface area contributed by atoms with E-state index in [0.29, 0.717) is 25.3 Å². The zero-order valence-corrected chi connectivity index (χ0v) is 18.7. The predicted molar refractivity (Wildman–Crippen MR) is 122 cm³/mol. The molecule has 5 heteroatoms. The van der Waals surface area contributed by atoms with E-state index < -0.39 is 6.04 Å². The van der Waals surface area contributed by atoms with Gasteiger partial charge in [-0.2, -0.15) is 0 Å². The first kappa shape index (κ1) is 23.0. The number of amides is 2. The summed E-state index contributed by atoms with van der Waals surface area (Å²) in [6, 6.07) is 15.8. The Morgan fingerprint density at radius 1 is 0.966 bits per heavy atom. The van der Waals surface area contributed by atoms with E-state index in [2.05, 4.69) is 24.4 Å². The number of nitrogens with zero attached hydrogens (tertiary/aromatic N) is 1. The lowest BCUT2D eigenvalue weighted by Gasteiger charge is -2.31. The standard InChI is InChI=1S/C24H32N2O2S/c1-5-22(24(28)25-6-2)26(15-20-13-9-7-11-18(20)3)23(27)17-29-16-21-14-10-8-12-19(21)4/h7-14,22H,5-6,15-17H2,1-4H3,(H,25,28)/t22-/m0/s1. The molecule has 0 radical (unpaired) electrons. The Morgan fingerprint density at radius 2 is 1.55 bits per heavy atom. The maximum absolute atomic E-state index is 13.2. The number of rotatable bonds is 10. The Morgan fingerprint density at radius 3 is 2.10 bits per heavy atom. The minimum Gasteiger partial charge on any atom is -0.355 e. The molecule has 0 saturated carbocycles. The van der Waals surface area contributed by atoms with Crippen molar-refractivity contribution in [1.82, 2.24) is 10.2 Å². The molecule has 0 fully saturated rings. The average Bonchev–Trinajstić information content (AvgIpc) is 2.70. The Balaban J connectivity index is 2.14. The van der Waals surface area contributed by atoms with Crippen molar-refractivity contribution in [3.8, 4) is 0 Å². The molecule has 0 unspecified atom stereocenters. The third-order valence-corrected chi connectivity index (χ3v) is 6.05. The zero-order valence-electron chi connectivity index (χ0n) is 17.9. The molecule has 0 aliphatic rings. The molecule has 0 saturated heterocycles. The smallest absolute Gasteiger partial charge is 0.242 e. The first-order valence-electron chi connectivity index (χ1n) is 10.2. The summed E-state index contributed by atoms with van der Waals surface area (Å²) in [6.07, 6.45) is 0.589. The van der Waals surface area contributed by atoms with Crippen LogP contribution in [0.4, 0.5) is 0 Å². The van der Waals surface area contributed by atoms with Crippen molar-refractivity contribution in [2.45, 2.75) is 52.5 Å². The summed E-state index contributed by atoms with van der Waals surface area (Å²) in [5.41, 5.74) is 4.68. The topological polar surface area (TPSA) is 49.4 Å². The molecule has 0 aliphatic carbocycles. The molecule has 156 valence electrons. The van der Waals surface area contributed by atoms with Crippen molar-refractivity contribution in [3.63, 3.8) is 0 Å². The van der Waals surface area contributed by atoms with Gasteiger partial charge in [0.1, 0.15) is 6.04 Å². The second-order valence-corrected chi connectivity index (χ2v) is 8.17. The van der Waals surface area contributed by atoms with E-state index in [1.54, 1.807) is 16.7 Å². The van der Waals surface area contributed by atoms with Crippen LogP contribution in [0.3, 0.4) is 0 Å². The van der Waals surface area contributed by atoms with Gasteiger partial charge in [-0.25, -0.2) is 0 Å². The van der Waals surface area contributed by atoms with Gasteiger partial charge in [0.15, 0.2) is 0 Å². The van der Waals surface area contributed by atoms with Crippen molar-refractivity contribution in [2.24, 2.45) is 0 Å². The van der Waals surface area contributed by atoms with Gasteiger partial charge in [-0.1, -0.05) is 55.5 Å². The van der Waals surface area contributed by atoms with E-state index in [-0.39, 0.29) is 11.8 Å².